The summed E-state index contributed by atoms with van der Waals surface area (Å²) in [6.45, 7) is 9.37. The lowest BCUT2D eigenvalue weighted by Crippen LogP contribution is -2.24. The van der Waals surface area contributed by atoms with Gasteiger partial charge in [-0.15, -0.1) is 0 Å². The Morgan fingerprint density at radius 1 is 0.686 bits per heavy atom. The quantitative estimate of drug-likeness (QED) is 0.279. The Labute approximate surface area is 207 Å². The highest BCUT2D eigenvalue weighted by atomic mass is 16.5. The minimum atomic E-state index is -0.0791. The summed E-state index contributed by atoms with van der Waals surface area (Å²) in [6.07, 6.45) is 5.93. The zero-order valence-corrected chi connectivity index (χ0v) is 20.9. The number of benzene rings is 4. The lowest BCUT2D eigenvalue weighted by atomic mass is 9.74. The number of para-hydroxylation sites is 1. The summed E-state index contributed by atoms with van der Waals surface area (Å²) in [4.78, 5) is 0. The van der Waals surface area contributed by atoms with Crippen molar-refractivity contribution in [2.75, 3.05) is 0 Å². The van der Waals surface area contributed by atoms with E-state index in [9.17, 15) is 0 Å². The van der Waals surface area contributed by atoms with Crippen molar-refractivity contribution in [3.63, 3.8) is 0 Å². The molecule has 0 fully saturated rings. The molecule has 1 heteroatoms. The third-order valence-corrected chi connectivity index (χ3v) is 8.72. The maximum absolute atomic E-state index is 6.42. The van der Waals surface area contributed by atoms with Gasteiger partial charge in [0.05, 0.1) is 0 Å². The minimum absolute atomic E-state index is 0.0230. The van der Waals surface area contributed by atoms with Crippen molar-refractivity contribution in [2.24, 2.45) is 0 Å². The van der Waals surface area contributed by atoms with E-state index in [1.54, 1.807) is 0 Å². The first-order chi connectivity index (χ1) is 16.8. The van der Waals surface area contributed by atoms with Gasteiger partial charge in [-0.05, 0) is 57.7 Å². The van der Waals surface area contributed by atoms with Gasteiger partial charge >= 0.3 is 0 Å². The van der Waals surface area contributed by atoms with Crippen LogP contribution < -0.4 is 4.74 Å². The van der Waals surface area contributed by atoms with Crippen molar-refractivity contribution in [1.82, 2.24) is 0 Å². The van der Waals surface area contributed by atoms with E-state index in [-0.39, 0.29) is 10.8 Å². The Bertz CT molecular complexity index is 1590. The Kier molecular flexibility index (Phi) is 4.14. The van der Waals surface area contributed by atoms with E-state index in [1.165, 1.54) is 49.7 Å². The van der Waals surface area contributed by atoms with Gasteiger partial charge in [0.15, 0.2) is 0 Å². The number of fused-ring (bicyclic) bond motifs is 6. The Balaban J connectivity index is 1.30. The van der Waals surface area contributed by atoms with E-state index >= 15 is 0 Å². The second-order valence-electron chi connectivity index (χ2n) is 11.4. The SMILES string of the molecule is CC1(C)C2=CC(c3ccc4c(c3)Oc3ccccc3C4(C)C)=CCC2c2cc3ccccc3cc21. The first kappa shape index (κ1) is 20.8. The van der Waals surface area contributed by atoms with E-state index in [0.29, 0.717) is 5.92 Å². The van der Waals surface area contributed by atoms with E-state index in [2.05, 4.69) is 119 Å². The van der Waals surface area contributed by atoms with Gasteiger partial charge in [0.25, 0.3) is 0 Å². The van der Waals surface area contributed by atoms with E-state index in [0.717, 1.165) is 17.9 Å². The number of allylic oxidation sites excluding steroid dienone is 4. The van der Waals surface area contributed by atoms with Gasteiger partial charge in [0.2, 0.25) is 0 Å². The van der Waals surface area contributed by atoms with E-state index in [4.69, 9.17) is 4.74 Å². The number of hydrogen-bond acceptors (Lipinski definition) is 1. The van der Waals surface area contributed by atoms with Crippen LogP contribution in [0, 0.1) is 0 Å². The van der Waals surface area contributed by atoms with E-state index < -0.39 is 0 Å². The Morgan fingerprint density at radius 2 is 1.40 bits per heavy atom. The molecule has 3 aliphatic rings. The van der Waals surface area contributed by atoms with Crippen molar-refractivity contribution in [3.05, 3.63) is 124 Å². The van der Waals surface area contributed by atoms with Crippen molar-refractivity contribution in [1.29, 1.82) is 0 Å². The van der Waals surface area contributed by atoms with Crippen molar-refractivity contribution in [2.45, 2.75) is 50.9 Å². The Hall–Kier alpha value is -3.58. The average Bonchev–Trinajstić information content (AvgIpc) is 3.08. The lowest BCUT2D eigenvalue weighted by molar-refractivity contribution is 0.418. The molecule has 0 saturated carbocycles. The summed E-state index contributed by atoms with van der Waals surface area (Å²) in [5, 5.41) is 2.68. The highest BCUT2D eigenvalue weighted by molar-refractivity contribution is 5.87. The predicted molar refractivity (Wildman–Crippen MR) is 145 cm³/mol. The molecule has 0 amide bonds. The summed E-state index contributed by atoms with van der Waals surface area (Å²) in [7, 11) is 0. The maximum Gasteiger partial charge on any atom is 0.132 e. The highest BCUT2D eigenvalue weighted by Gasteiger charge is 2.42. The number of hydrogen-bond donors (Lipinski definition) is 0. The molecular formula is C34H30O. The molecule has 7 rings (SSSR count). The minimum Gasteiger partial charge on any atom is -0.457 e. The van der Waals surface area contributed by atoms with Crippen molar-refractivity contribution >= 4 is 16.3 Å². The van der Waals surface area contributed by atoms with Crippen LogP contribution in [0.2, 0.25) is 0 Å². The van der Waals surface area contributed by atoms with Crippen molar-refractivity contribution in [3.8, 4) is 11.5 Å². The van der Waals surface area contributed by atoms with Gasteiger partial charge in [-0.1, -0.05) is 106 Å². The summed E-state index contributed by atoms with van der Waals surface area (Å²) in [5.41, 5.74) is 9.51. The van der Waals surface area contributed by atoms with Crippen LogP contribution in [-0.2, 0) is 10.8 Å². The third kappa shape index (κ3) is 2.88. The molecule has 1 atom stereocenters. The molecule has 35 heavy (non-hydrogen) atoms. The molecule has 0 radical (unpaired) electrons. The lowest BCUT2D eigenvalue weighted by Gasteiger charge is -2.35. The molecular weight excluding hydrogens is 424 g/mol. The topological polar surface area (TPSA) is 9.23 Å². The zero-order valence-electron chi connectivity index (χ0n) is 20.9. The summed E-state index contributed by atoms with van der Waals surface area (Å²) >= 11 is 0. The zero-order chi connectivity index (χ0) is 23.9. The maximum atomic E-state index is 6.42. The number of ether oxygens (including phenoxy) is 1. The molecule has 1 nitrogen and oxygen atoms in total. The third-order valence-electron chi connectivity index (χ3n) is 8.72. The molecule has 1 unspecified atom stereocenters. The van der Waals surface area contributed by atoms with Crippen LogP contribution in [0.4, 0.5) is 0 Å². The normalized spacial score (nSPS) is 20.6. The van der Waals surface area contributed by atoms with Crippen LogP contribution in [0.5, 0.6) is 11.5 Å². The van der Waals surface area contributed by atoms with Gasteiger partial charge in [0.1, 0.15) is 11.5 Å². The van der Waals surface area contributed by atoms with Crippen molar-refractivity contribution < 1.29 is 4.74 Å². The van der Waals surface area contributed by atoms with Crippen LogP contribution in [-0.4, -0.2) is 0 Å². The fourth-order valence-electron chi connectivity index (χ4n) is 6.69. The first-order valence-corrected chi connectivity index (χ1v) is 12.7. The van der Waals surface area contributed by atoms with Crippen LogP contribution in [0.15, 0.2) is 96.6 Å². The molecule has 4 aromatic carbocycles. The van der Waals surface area contributed by atoms with Crippen LogP contribution in [0.25, 0.3) is 16.3 Å². The Morgan fingerprint density at radius 3 is 2.23 bits per heavy atom. The summed E-state index contributed by atoms with van der Waals surface area (Å²) in [5.74, 6) is 2.42. The molecule has 1 heterocycles. The fourth-order valence-corrected chi connectivity index (χ4v) is 6.69. The molecule has 0 aromatic heterocycles. The highest BCUT2D eigenvalue weighted by Crippen LogP contribution is 2.55. The molecule has 0 spiro atoms. The molecule has 1 aliphatic heterocycles. The first-order valence-electron chi connectivity index (χ1n) is 12.7. The fraction of sp³-hybridized carbons (Fsp3) is 0.235. The monoisotopic (exact) mass is 454 g/mol. The molecule has 0 saturated heterocycles. The molecule has 0 N–H and O–H groups in total. The van der Waals surface area contributed by atoms with Crippen LogP contribution >= 0.6 is 0 Å². The summed E-state index contributed by atoms with van der Waals surface area (Å²) < 4.78 is 6.42. The molecule has 2 aliphatic carbocycles. The molecule has 4 aromatic rings. The van der Waals surface area contributed by atoms with Crippen LogP contribution in [0.1, 0.15) is 67.9 Å². The van der Waals surface area contributed by atoms with Gasteiger partial charge in [0, 0.05) is 27.9 Å². The summed E-state index contributed by atoms with van der Waals surface area (Å²) in [6, 6.07) is 28.8. The van der Waals surface area contributed by atoms with Gasteiger partial charge in [-0.2, -0.15) is 0 Å². The standard InChI is InChI=1S/C34H30O/c1-33(2)27-11-7-8-12-31(27)35-32-20-24(14-16-28(32)33)23-13-15-25-26-17-21-9-5-6-10-22(21)18-30(26)34(3,4)29(25)19-23/h5-14,16-20,25H,15H2,1-4H3. The van der Waals surface area contributed by atoms with Crippen LogP contribution in [0.3, 0.4) is 0 Å². The predicted octanol–water partition coefficient (Wildman–Crippen LogP) is 9.06. The number of rotatable bonds is 1. The molecule has 0 bridgehead atoms. The average molecular weight is 455 g/mol. The van der Waals surface area contributed by atoms with Gasteiger partial charge in [-0.3, -0.25) is 0 Å². The molecule has 172 valence electrons. The second kappa shape index (κ2) is 6.98. The van der Waals surface area contributed by atoms with Gasteiger partial charge in [-0.25, -0.2) is 0 Å². The smallest absolute Gasteiger partial charge is 0.132 e. The van der Waals surface area contributed by atoms with E-state index in [1.807, 2.05) is 0 Å². The largest absolute Gasteiger partial charge is 0.457 e. The second-order valence-corrected chi connectivity index (χ2v) is 11.4. The van der Waals surface area contributed by atoms with Gasteiger partial charge < -0.3 is 4.74 Å².